The highest BCUT2D eigenvalue weighted by Crippen LogP contribution is 2.46. The van der Waals surface area contributed by atoms with Crippen LogP contribution in [-0.4, -0.2) is 98.2 Å². The minimum Gasteiger partial charge on any atom is -0.497 e. The van der Waals surface area contributed by atoms with E-state index in [1.165, 1.54) is 4.90 Å². The second-order valence-corrected chi connectivity index (χ2v) is 17.0. The molecule has 0 bridgehead atoms. The highest BCUT2D eigenvalue weighted by molar-refractivity contribution is 7.91. The van der Waals surface area contributed by atoms with Gasteiger partial charge in [0.15, 0.2) is 0 Å². The van der Waals surface area contributed by atoms with E-state index in [4.69, 9.17) is 19.0 Å². The van der Waals surface area contributed by atoms with Crippen LogP contribution in [0.3, 0.4) is 0 Å². The Bertz CT molecular complexity index is 1760. The maximum atomic E-state index is 14.4. The third kappa shape index (κ3) is 8.42. The predicted octanol–water partition coefficient (Wildman–Crippen LogP) is 3.21. The average molecular weight is 756 g/mol. The first-order valence-electron chi connectivity index (χ1n) is 18.9. The number of sulfonamides is 1. The number of benzene rings is 1. The summed E-state index contributed by atoms with van der Waals surface area (Å²) < 4.78 is 44.6. The molecule has 15 nitrogen and oxygen atoms in total. The SMILES string of the molecule is COc1ccc2c(c1)/C(=N/O[C@@H]1C[C@H]3C(=O)N[C@@]4(C(=O)NS(=O)(=O)C5CC5)C[C@@H]4/C=C\CCCCC[C@@H](NC(=O)OC4CCCC4)C(=O)N3C1)CCO2. The average Bonchev–Trinajstić information content (AvgIpc) is 4.02. The topological polar surface area (TPSA) is 191 Å². The molecule has 0 unspecified atom stereocenters. The van der Waals surface area contributed by atoms with Gasteiger partial charge in [0.05, 0.1) is 31.2 Å². The number of hydrogen-bond acceptors (Lipinski definition) is 11. The van der Waals surface area contributed by atoms with E-state index in [9.17, 15) is 27.6 Å². The van der Waals surface area contributed by atoms with Crippen molar-refractivity contribution in [2.45, 2.75) is 125 Å². The van der Waals surface area contributed by atoms with Crippen molar-refractivity contribution < 1.29 is 46.6 Å². The second kappa shape index (κ2) is 15.6. The van der Waals surface area contributed by atoms with Gasteiger partial charge in [0.2, 0.25) is 21.8 Å². The molecular weight excluding hydrogens is 706 g/mol. The lowest BCUT2D eigenvalue weighted by molar-refractivity contribution is -0.141. The fraction of sp³-hybridized carbons (Fsp3) is 0.649. The van der Waals surface area contributed by atoms with Gasteiger partial charge in [-0.1, -0.05) is 30.1 Å². The number of hydrogen-bond donors (Lipinski definition) is 3. The van der Waals surface area contributed by atoms with Gasteiger partial charge in [-0.25, -0.2) is 13.2 Å². The summed E-state index contributed by atoms with van der Waals surface area (Å²) in [5, 5.41) is 9.52. The highest BCUT2D eigenvalue weighted by Gasteiger charge is 2.62. The molecule has 0 radical (unpaired) electrons. The normalized spacial score (nSPS) is 30.7. The third-order valence-corrected chi connectivity index (χ3v) is 12.9. The number of fused-ring (bicyclic) bond motifs is 3. The summed E-state index contributed by atoms with van der Waals surface area (Å²) >= 11 is 0. The van der Waals surface area contributed by atoms with Crippen molar-refractivity contribution in [3.05, 3.63) is 35.9 Å². The van der Waals surface area contributed by atoms with Gasteiger partial charge in [-0.3, -0.25) is 19.1 Å². The number of carbonyl (C=O) groups excluding carboxylic acids is 4. The number of carbonyl (C=O) groups is 4. The van der Waals surface area contributed by atoms with Gasteiger partial charge >= 0.3 is 6.09 Å². The summed E-state index contributed by atoms with van der Waals surface area (Å²) in [6, 6.07) is 3.34. The van der Waals surface area contributed by atoms with Crippen molar-refractivity contribution in [1.29, 1.82) is 0 Å². The number of nitrogens with zero attached hydrogens (tertiary/aromatic N) is 2. The maximum absolute atomic E-state index is 14.4. The molecule has 4 fully saturated rings. The van der Waals surface area contributed by atoms with Gasteiger partial charge in [-0.15, -0.1) is 0 Å². The molecule has 7 rings (SSSR count). The Morgan fingerprint density at radius 2 is 1.83 bits per heavy atom. The zero-order valence-electron chi connectivity index (χ0n) is 30.0. The first kappa shape index (κ1) is 37.0. The third-order valence-electron chi connectivity index (χ3n) is 11.1. The van der Waals surface area contributed by atoms with E-state index in [2.05, 4.69) is 20.5 Å². The smallest absolute Gasteiger partial charge is 0.408 e. The molecular formula is C37H49N5O10S. The molecule has 3 N–H and O–H groups in total. The van der Waals surface area contributed by atoms with Crippen LogP contribution >= 0.6 is 0 Å². The largest absolute Gasteiger partial charge is 0.497 e. The van der Waals surface area contributed by atoms with Crippen molar-refractivity contribution in [2.75, 3.05) is 20.3 Å². The number of allylic oxidation sites excluding steroid dienone is 1. The summed E-state index contributed by atoms with van der Waals surface area (Å²) in [6.07, 6.45) is 10.7. The van der Waals surface area contributed by atoms with Crippen LogP contribution in [0.4, 0.5) is 4.79 Å². The Morgan fingerprint density at radius 3 is 2.60 bits per heavy atom. The molecule has 1 aromatic carbocycles. The Labute approximate surface area is 309 Å². The highest BCUT2D eigenvalue weighted by atomic mass is 32.2. The molecule has 6 aliphatic rings. The Kier molecular flexibility index (Phi) is 10.9. The molecule has 288 valence electrons. The monoisotopic (exact) mass is 755 g/mol. The quantitative estimate of drug-likeness (QED) is 0.262. The zero-order valence-corrected chi connectivity index (χ0v) is 30.9. The molecule has 3 aliphatic carbocycles. The van der Waals surface area contributed by atoms with Crippen LogP contribution in [0.5, 0.6) is 11.5 Å². The van der Waals surface area contributed by atoms with E-state index >= 15 is 0 Å². The molecule has 1 saturated heterocycles. The standard InChI is InChI=1S/C37H49N5O10S/c1-49-25-13-16-32-28(19-25)29(17-18-50-32)40-52-26-20-31-33(43)39-37(35(45)41-53(47,48)27-14-15-27)21-23(37)9-5-3-2-4-6-12-30(34(44)42(31)22-26)38-36(46)51-24-10-7-8-11-24/h5,9,13,16,19,23-24,26-27,30-31H,2-4,6-8,10-12,14-15,17-18,20-22H2,1H3,(H,38,46)(H,39,43)(H,41,45)/b9-5-,40-29+/t23-,26+,30+,31-,37-/m0/s1. The van der Waals surface area contributed by atoms with Crippen molar-refractivity contribution in [1.82, 2.24) is 20.3 Å². The van der Waals surface area contributed by atoms with Crippen LogP contribution < -0.4 is 24.8 Å². The van der Waals surface area contributed by atoms with E-state index in [1.807, 2.05) is 18.2 Å². The Hall–Kier alpha value is -4.34. The predicted molar refractivity (Wildman–Crippen MR) is 192 cm³/mol. The summed E-state index contributed by atoms with van der Waals surface area (Å²) in [6.45, 7) is 0.381. The molecule has 53 heavy (non-hydrogen) atoms. The van der Waals surface area contributed by atoms with E-state index in [1.54, 1.807) is 19.2 Å². The van der Waals surface area contributed by atoms with E-state index in [0.29, 0.717) is 67.9 Å². The fourth-order valence-corrected chi connectivity index (χ4v) is 9.15. The van der Waals surface area contributed by atoms with Gasteiger partial charge in [-0.2, -0.15) is 0 Å². The Morgan fingerprint density at radius 1 is 1.04 bits per heavy atom. The minimum absolute atomic E-state index is 0.0103. The number of ether oxygens (including phenoxy) is 3. The maximum Gasteiger partial charge on any atom is 0.408 e. The van der Waals surface area contributed by atoms with Gasteiger partial charge in [0, 0.05) is 24.3 Å². The van der Waals surface area contributed by atoms with Gasteiger partial charge < -0.3 is 34.6 Å². The molecule has 1 aromatic rings. The first-order valence-corrected chi connectivity index (χ1v) is 20.5. The zero-order chi connectivity index (χ0) is 37.2. The lowest BCUT2D eigenvalue weighted by atomic mass is 10.0. The molecule has 3 aliphatic heterocycles. The molecule has 4 amide bonds. The van der Waals surface area contributed by atoms with Crippen molar-refractivity contribution in [3.8, 4) is 11.5 Å². The number of oxime groups is 1. The molecule has 16 heteroatoms. The van der Waals surface area contributed by atoms with Gasteiger partial charge in [0.25, 0.3) is 5.91 Å². The lowest BCUT2D eigenvalue weighted by Crippen LogP contribution is -2.58. The summed E-state index contributed by atoms with van der Waals surface area (Å²) in [4.78, 5) is 62.9. The molecule has 0 aromatic heterocycles. The van der Waals surface area contributed by atoms with E-state index in [-0.39, 0.29) is 25.5 Å². The van der Waals surface area contributed by atoms with Crippen LogP contribution in [0.15, 0.2) is 35.5 Å². The van der Waals surface area contributed by atoms with Crippen molar-refractivity contribution in [2.24, 2.45) is 11.1 Å². The van der Waals surface area contributed by atoms with E-state index < -0.39 is 68.7 Å². The van der Waals surface area contributed by atoms with Crippen LogP contribution in [0.25, 0.3) is 0 Å². The number of amides is 4. The summed E-state index contributed by atoms with van der Waals surface area (Å²) in [5.74, 6) is -1.03. The number of rotatable bonds is 8. The van der Waals surface area contributed by atoms with Crippen LogP contribution in [0.2, 0.25) is 0 Å². The lowest BCUT2D eigenvalue weighted by Gasteiger charge is -2.30. The van der Waals surface area contributed by atoms with Gasteiger partial charge in [0.1, 0.15) is 41.3 Å². The minimum atomic E-state index is -3.88. The molecule has 5 atom stereocenters. The van der Waals surface area contributed by atoms with Crippen molar-refractivity contribution >= 4 is 39.5 Å². The first-order chi connectivity index (χ1) is 25.6. The number of nitrogens with one attached hydrogen (secondary N) is 3. The summed E-state index contributed by atoms with van der Waals surface area (Å²) in [5.41, 5.74) is -0.152. The van der Waals surface area contributed by atoms with Crippen LogP contribution in [0, 0.1) is 5.92 Å². The van der Waals surface area contributed by atoms with Crippen LogP contribution in [0.1, 0.15) is 95.5 Å². The number of alkyl carbamates (subject to hydrolysis) is 1. The molecule has 3 saturated carbocycles. The second-order valence-electron chi connectivity index (χ2n) is 15.0. The van der Waals surface area contributed by atoms with E-state index in [0.717, 1.165) is 38.5 Å². The van der Waals surface area contributed by atoms with Crippen LogP contribution in [-0.2, 0) is 34.0 Å². The molecule has 3 heterocycles. The van der Waals surface area contributed by atoms with Crippen molar-refractivity contribution in [3.63, 3.8) is 0 Å². The number of methoxy groups -OCH3 is 1. The Balaban J connectivity index is 1.15. The van der Waals surface area contributed by atoms with Gasteiger partial charge in [-0.05, 0) is 82.4 Å². The summed E-state index contributed by atoms with van der Waals surface area (Å²) in [7, 11) is -2.31. The fourth-order valence-electron chi connectivity index (χ4n) is 7.78. The molecule has 0 spiro atoms.